The van der Waals surface area contributed by atoms with Gasteiger partial charge in [-0.1, -0.05) is 12.1 Å². The maximum Gasteiger partial charge on any atom is 0.335 e. The van der Waals surface area contributed by atoms with Crippen molar-refractivity contribution >= 4 is 17.7 Å². The number of amides is 2. The maximum atomic E-state index is 13.1. The van der Waals surface area contributed by atoms with E-state index in [0.29, 0.717) is 19.6 Å². The van der Waals surface area contributed by atoms with Crippen LogP contribution in [-0.4, -0.2) is 55.3 Å². The Morgan fingerprint density at radius 3 is 2.26 bits per heavy atom. The van der Waals surface area contributed by atoms with Gasteiger partial charge in [0.1, 0.15) is 5.75 Å². The number of carbonyl (C=O) groups is 2. The molecular weight excluding hydrogens is 346 g/mol. The molecule has 2 amide bonds. The minimum Gasteiger partial charge on any atom is -0.497 e. The van der Waals surface area contributed by atoms with E-state index >= 15 is 0 Å². The summed E-state index contributed by atoms with van der Waals surface area (Å²) in [6, 6.07) is 13.9. The van der Waals surface area contributed by atoms with Crippen LogP contribution in [0.15, 0.2) is 48.5 Å². The van der Waals surface area contributed by atoms with E-state index in [-0.39, 0.29) is 11.6 Å². The van der Waals surface area contributed by atoms with E-state index in [4.69, 9.17) is 9.84 Å². The molecule has 1 aliphatic rings. The molecule has 142 valence electrons. The molecule has 2 aromatic rings. The van der Waals surface area contributed by atoms with Gasteiger partial charge in [0.15, 0.2) is 0 Å². The number of nitrogens with zero attached hydrogens (tertiary/aromatic N) is 2. The standard InChI is InChI=1S/C20H23N3O4/c1-27-18-8-6-17(7-9-18)23(20(26)22-12-10-21-11-13-22)14-15-2-4-16(5-3-15)19(24)25/h2-9,21H,10-14H2,1H3,(H,24,25). The van der Waals surface area contributed by atoms with Crippen molar-refractivity contribution in [2.24, 2.45) is 0 Å². The van der Waals surface area contributed by atoms with Crippen LogP contribution in [0.2, 0.25) is 0 Å². The van der Waals surface area contributed by atoms with Crippen molar-refractivity contribution in [2.45, 2.75) is 6.54 Å². The SMILES string of the molecule is COc1ccc(N(Cc2ccc(C(=O)O)cc2)C(=O)N2CCNCC2)cc1. The van der Waals surface area contributed by atoms with Crippen molar-refractivity contribution in [1.82, 2.24) is 10.2 Å². The third-order valence-corrected chi connectivity index (χ3v) is 4.54. The van der Waals surface area contributed by atoms with Crippen LogP contribution in [0.5, 0.6) is 5.75 Å². The Morgan fingerprint density at radius 1 is 1.07 bits per heavy atom. The molecule has 1 saturated heterocycles. The number of carboxylic acid groups (broad SMARTS) is 1. The Hall–Kier alpha value is -3.06. The second-order valence-corrected chi connectivity index (χ2v) is 6.31. The van der Waals surface area contributed by atoms with Gasteiger partial charge in [-0.2, -0.15) is 0 Å². The van der Waals surface area contributed by atoms with Crippen molar-refractivity contribution in [3.63, 3.8) is 0 Å². The summed E-state index contributed by atoms with van der Waals surface area (Å²) in [4.78, 5) is 27.7. The zero-order valence-corrected chi connectivity index (χ0v) is 15.2. The molecule has 0 saturated carbocycles. The first kappa shape index (κ1) is 18.7. The zero-order valence-electron chi connectivity index (χ0n) is 15.2. The normalized spacial score (nSPS) is 13.9. The van der Waals surface area contributed by atoms with Crippen LogP contribution in [0.25, 0.3) is 0 Å². The van der Waals surface area contributed by atoms with Gasteiger partial charge in [-0.15, -0.1) is 0 Å². The van der Waals surface area contributed by atoms with Gasteiger partial charge in [-0.05, 0) is 42.0 Å². The van der Waals surface area contributed by atoms with Gasteiger partial charge in [-0.25, -0.2) is 9.59 Å². The van der Waals surface area contributed by atoms with Crippen LogP contribution in [0.1, 0.15) is 15.9 Å². The number of carbonyl (C=O) groups excluding carboxylic acids is 1. The largest absolute Gasteiger partial charge is 0.497 e. The minimum atomic E-state index is -0.967. The summed E-state index contributed by atoms with van der Waals surface area (Å²) in [5.74, 6) is -0.246. The first-order valence-corrected chi connectivity index (χ1v) is 8.82. The average molecular weight is 369 g/mol. The number of anilines is 1. The smallest absolute Gasteiger partial charge is 0.335 e. The van der Waals surface area contributed by atoms with E-state index in [9.17, 15) is 9.59 Å². The fourth-order valence-electron chi connectivity index (χ4n) is 2.99. The third kappa shape index (κ3) is 4.57. The van der Waals surface area contributed by atoms with Crippen molar-refractivity contribution in [2.75, 3.05) is 38.2 Å². The monoisotopic (exact) mass is 369 g/mol. The molecule has 0 atom stereocenters. The van der Waals surface area contributed by atoms with Crippen LogP contribution in [0.4, 0.5) is 10.5 Å². The highest BCUT2D eigenvalue weighted by atomic mass is 16.5. The van der Waals surface area contributed by atoms with E-state index < -0.39 is 5.97 Å². The van der Waals surface area contributed by atoms with Crippen molar-refractivity contribution in [3.05, 3.63) is 59.7 Å². The highest BCUT2D eigenvalue weighted by Gasteiger charge is 2.24. The lowest BCUT2D eigenvalue weighted by Crippen LogP contribution is -2.51. The lowest BCUT2D eigenvalue weighted by atomic mass is 10.1. The lowest BCUT2D eigenvalue weighted by Gasteiger charge is -2.33. The Kier molecular flexibility index (Phi) is 5.93. The molecule has 1 aliphatic heterocycles. The van der Waals surface area contributed by atoms with Gasteiger partial charge >= 0.3 is 12.0 Å². The summed E-state index contributed by atoms with van der Waals surface area (Å²) in [6.45, 7) is 3.22. The maximum absolute atomic E-state index is 13.1. The minimum absolute atomic E-state index is 0.0658. The number of urea groups is 1. The topological polar surface area (TPSA) is 82.1 Å². The van der Waals surface area contributed by atoms with E-state index in [1.165, 1.54) is 0 Å². The summed E-state index contributed by atoms with van der Waals surface area (Å²) in [7, 11) is 1.60. The number of aromatic carboxylic acids is 1. The molecule has 0 radical (unpaired) electrons. The summed E-state index contributed by atoms with van der Waals surface area (Å²) >= 11 is 0. The number of nitrogens with one attached hydrogen (secondary N) is 1. The molecule has 0 unspecified atom stereocenters. The Morgan fingerprint density at radius 2 is 1.70 bits per heavy atom. The molecule has 0 aliphatic carbocycles. The highest BCUT2D eigenvalue weighted by molar-refractivity contribution is 5.92. The molecule has 1 fully saturated rings. The number of carboxylic acids is 1. The van der Waals surface area contributed by atoms with Gasteiger partial charge in [0.2, 0.25) is 0 Å². The number of methoxy groups -OCH3 is 1. The Bertz CT molecular complexity index is 784. The van der Waals surface area contributed by atoms with Gasteiger partial charge < -0.3 is 20.1 Å². The highest BCUT2D eigenvalue weighted by Crippen LogP contribution is 2.23. The van der Waals surface area contributed by atoms with Gasteiger partial charge in [-0.3, -0.25) is 4.90 Å². The van der Waals surface area contributed by atoms with Gasteiger partial charge in [0.25, 0.3) is 0 Å². The number of rotatable bonds is 5. The molecule has 7 nitrogen and oxygen atoms in total. The van der Waals surface area contributed by atoms with Crippen molar-refractivity contribution in [1.29, 1.82) is 0 Å². The second kappa shape index (κ2) is 8.55. The van der Waals surface area contributed by atoms with E-state index in [2.05, 4.69) is 5.32 Å². The van der Waals surface area contributed by atoms with E-state index in [1.807, 2.05) is 29.2 Å². The molecule has 3 rings (SSSR count). The number of ether oxygens (including phenoxy) is 1. The molecule has 1 heterocycles. The van der Waals surface area contributed by atoms with Gasteiger partial charge in [0.05, 0.1) is 19.2 Å². The summed E-state index contributed by atoms with van der Waals surface area (Å²) in [6.07, 6.45) is 0. The number of benzene rings is 2. The third-order valence-electron chi connectivity index (χ3n) is 4.54. The molecule has 0 spiro atoms. The molecular formula is C20H23N3O4. The van der Waals surface area contributed by atoms with Crippen LogP contribution < -0.4 is 15.0 Å². The van der Waals surface area contributed by atoms with Crippen molar-refractivity contribution < 1.29 is 19.4 Å². The summed E-state index contributed by atoms with van der Waals surface area (Å²) in [5, 5.41) is 12.3. The molecule has 27 heavy (non-hydrogen) atoms. The number of hydrogen-bond donors (Lipinski definition) is 2. The van der Waals surface area contributed by atoms with Crippen molar-refractivity contribution in [3.8, 4) is 5.75 Å². The number of piperazine rings is 1. The fourth-order valence-corrected chi connectivity index (χ4v) is 2.99. The average Bonchev–Trinajstić information content (AvgIpc) is 2.72. The molecule has 2 aromatic carbocycles. The van der Waals surface area contributed by atoms with Gasteiger partial charge in [0, 0.05) is 31.9 Å². The summed E-state index contributed by atoms with van der Waals surface area (Å²) in [5.41, 5.74) is 1.85. The lowest BCUT2D eigenvalue weighted by molar-refractivity contribution is 0.0697. The van der Waals surface area contributed by atoms with Crippen LogP contribution in [0.3, 0.4) is 0 Å². The predicted molar refractivity (Wildman–Crippen MR) is 102 cm³/mol. The zero-order chi connectivity index (χ0) is 19.2. The molecule has 0 aromatic heterocycles. The Balaban J connectivity index is 1.85. The Labute approximate surface area is 158 Å². The first-order valence-electron chi connectivity index (χ1n) is 8.82. The fraction of sp³-hybridized carbons (Fsp3) is 0.300. The van der Waals surface area contributed by atoms with Crippen LogP contribution in [-0.2, 0) is 6.54 Å². The molecule has 7 heteroatoms. The predicted octanol–water partition coefficient (Wildman–Crippen LogP) is 2.43. The summed E-state index contributed by atoms with van der Waals surface area (Å²) < 4.78 is 5.20. The number of hydrogen-bond acceptors (Lipinski definition) is 4. The first-order chi connectivity index (χ1) is 13.1. The van der Waals surface area contributed by atoms with Crippen LogP contribution >= 0.6 is 0 Å². The van der Waals surface area contributed by atoms with Crippen LogP contribution in [0, 0.1) is 0 Å². The molecule has 2 N–H and O–H groups in total. The quantitative estimate of drug-likeness (QED) is 0.846. The van der Waals surface area contributed by atoms with E-state index in [0.717, 1.165) is 30.1 Å². The molecule has 0 bridgehead atoms. The second-order valence-electron chi connectivity index (χ2n) is 6.31. The van der Waals surface area contributed by atoms with E-state index in [1.54, 1.807) is 36.3 Å².